The molecule has 0 saturated heterocycles. The van der Waals surface area contributed by atoms with Crippen molar-refractivity contribution in [3.8, 4) is 0 Å². The normalized spacial score (nSPS) is 12.0. The molecule has 0 radical (unpaired) electrons. The van der Waals surface area contributed by atoms with Gasteiger partial charge in [0.15, 0.2) is 0 Å². The van der Waals surface area contributed by atoms with Gasteiger partial charge in [0.25, 0.3) is 0 Å². The highest BCUT2D eigenvalue weighted by molar-refractivity contribution is 7.93. The number of nitrogens with zero attached hydrogens (tertiary/aromatic N) is 1. The smallest absolute Gasteiger partial charge is 0.351 e. The van der Waals surface area contributed by atoms with Crippen LogP contribution in [0.4, 0.5) is 30.2 Å². The molecule has 5 nitrogen and oxygen atoms in total. The number of hydrogen-bond acceptors (Lipinski definition) is 4. The number of sulfonamides is 1. The Hall–Kier alpha value is -2.00. The van der Waals surface area contributed by atoms with Crippen LogP contribution in [0.3, 0.4) is 0 Å². The van der Waals surface area contributed by atoms with Crippen molar-refractivity contribution in [1.29, 1.82) is 0 Å². The number of pyridine rings is 1. The fourth-order valence-electron chi connectivity index (χ4n) is 1.49. The Morgan fingerprint density at radius 2 is 1.73 bits per heavy atom. The summed E-state index contributed by atoms with van der Waals surface area (Å²) in [5.41, 5.74) is -5.29. The summed E-state index contributed by atoms with van der Waals surface area (Å²) in [6, 6.07) is 7.58. The molecule has 1 aromatic heterocycles. The minimum absolute atomic E-state index is 0.0309. The standard InChI is InChI=1S/C12H9ClF3N3O2S/c13-8-3-1-2-4-9(8)18-11-7-17-6-5-10(11)19-22(20,21)12(14,15)16/h1-7,18H,(H,17,19). The van der Waals surface area contributed by atoms with Crippen LogP contribution < -0.4 is 10.0 Å². The van der Waals surface area contributed by atoms with E-state index in [0.29, 0.717) is 10.7 Å². The van der Waals surface area contributed by atoms with Gasteiger partial charge in [0.2, 0.25) is 0 Å². The van der Waals surface area contributed by atoms with Gasteiger partial charge in [-0.25, -0.2) is 0 Å². The molecule has 2 N–H and O–H groups in total. The predicted molar refractivity (Wildman–Crippen MR) is 77.6 cm³/mol. The summed E-state index contributed by atoms with van der Waals surface area (Å²) in [6.07, 6.45) is 2.34. The zero-order valence-electron chi connectivity index (χ0n) is 10.7. The number of rotatable bonds is 4. The van der Waals surface area contributed by atoms with Gasteiger partial charge in [-0.05, 0) is 18.2 Å². The van der Waals surface area contributed by atoms with Crippen LogP contribution >= 0.6 is 11.6 Å². The summed E-state index contributed by atoms with van der Waals surface area (Å²) in [5, 5.41) is 3.04. The minimum atomic E-state index is -5.53. The quantitative estimate of drug-likeness (QED) is 0.880. The largest absolute Gasteiger partial charge is 0.516 e. The summed E-state index contributed by atoms with van der Waals surface area (Å²) in [6.45, 7) is 0. The van der Waals surface area contributed by atoms with Crippen molar-refractivity contribution in [3.63, 3.8) is 0 Å². The third-order valence-corrected chi connectivity index (χ3v) is 3.94. The van der Waals surface area contributed by atoms with E-state index in [1.165, 1.54) is 10.9 Å². The molecular weight excluding hydrogens is 343 g/mol. The molecule has 0 spiro atoms. The SMILES string of the molecule is O=S(=O)(Nc1ccncc1Nc1ccccc1Cl)C(F)(F)F. The van der Waals surface area contributed by atoms with Gasteiger partial charge in [-0.15, -0.1) is 0 Å². The van der Waals surface area contributed by atoms with E-state index in [9.17, 15) is 21.6 Å². The van der Waals surface area contributed by atoms with Crippen LogP contribution in [0.15, 0.2) is 42.7 Å². The van der Waals surface area contributed by atoms with Crippen LogP contribution in [0, 0.1) is 0 Å². The van der Waals surface area contributed by atoms with Crippen molar-refractivity contribution in [1.82, 2.24) is 4.98 Å². The first-order valence-electron chi connectivity index (χ1n) is 5.75. The molecule has 0 aliphatic carbocycles. The van der Waals surface area contributed by atoms with E-state index in [2.05, 4.69) is 10.3 Å². The molecule has 118 valence electrons. The van der Waals surface area contributed by atoms with Gasteiger partial charge < -0.3 is 5.32 Å². The molecule has 0 fully saturated rings. The van der Waals surface area contributed by atoms with E-state index >= 15 is 0 Å². The number of alkyl halides is 3. The Labute approximate surface area is 129 Å². The maximum absolute atomic E-state index is 12.4. The second-order valence-electron chi connectivity index (χ2n) is 4.08. The molecule has 10 heteroatoms. The van der Waals surface area contributed by atoms with Crippen LogP contribution in [-0.2, 0) is 10.0 Å². The highest BCUT2D eigenvalue weighted by Gasteiger charge is 2.46. The molecule has 0 aliphatic heterocycles. The van der Waals surface area contributed by atoms with Gasteiger partial charge in [0.05, 0.1) is 28.3 Å². The third-order valence-electron chi connectivity index (χ3n) is 2.51. The van der Waals surface area contributed by atoms with Gasteiger partial charge in [-0.2, -0.15) is 21.6 Å². The summed E-state index contributed by atoms with van der Waals surface area (Å²) in [5.74, 6) is 0. The fourth-order valence-corrected chi connectivity index (χ4v) is 2.26. The van der Waals surface area contributed by atoms with Gasteiger partial charge >= 0.3 is 15.5 Å². The number of hydrogen-bond donors (Lipinski definition) is 2. The molecule has 0 saturated carbocycles. The molecule has 0 amide bonds. The van der Waals surface area contributed by atoms with Crippen LogP contribution in [0.5, 0.6) is 0 Å². The van der Waals surface area contributed by atoms with Crippen molar-refractivity contribution >= 4 is 38.7 Å². The summed E-state index contributed by atoms with van der Waals surface area (Å²) in [7, 11) is -5.53. The lowest BCUT2D eigenvalue weighted by Gasteiger charge is -2.15. The zero-order chi connectivity index (χ0) is 16.4. The predicted octanol–water partition coefficient (Wildman–Crippen LogP) is 3.74. The molecule has 1 aromatic carbocycles. The third kappa shape index (κ3) is 3.60. The highest BCUT2D eigenvalue weighted by atomic mass is 35.5. The van der Waals surface area contributed by atoms with Gasteiger partial charge in [-0.1, -0.05) is 23.7 Å². The molecule has 2 rings (SSSR count). The molecular formula is C12H9ClF3N3O2S. The molecule has 22 heavy (non-hydrogen) atoms. The van der Waals surface area contributed by atoms with Crippen molar-refractivity contribution in [2.24, 2.45) is 0 Å². The zero-order valence-corrected chi connectivity index (χ0v) is 12.3. The van der Waals surface area contributed by atoms with E-state index in [-0.39, 0.29) is 11.4 Å². The lowest BCUT2D eigenvalue weighted by Crippen LogP contribution is -2.30. The van der Waals surface area contributed by atoms with E-state index in [4.69, 9.17) is 11.6 Å². The first-order chi connectivity index (χ1) is 10.2. The summed E-state index contributed by atoms with van der Waals surface area (Å²) >= 11 is 5.93. The van der Waals surface area contributed by atoms with Crippen LogP contribution in [0.1, 0.15) is 0 Å². The highest BCUT2D eigenvalue weighted by Crippen LogP contribution is 2.32. The topological polar surface area (TPSA) is 71.1 Å². The monoisotopic (exact) mass is 351 g/mol. The van der Waals surface area contributed by atoms with Gasteiger partial charge in [-0.3, -0.25) is 9.71 Å². The molecule has 1 heterocycles. The maximum Gasteiger partial charge on any atom is 0.516 e. The second kappa shape index (κ2) is 6.01. The fraction of sp³-hybridized carbons (Fsp3) is 0.0833. The molecule has 0 bridgehead atoms. The number of anilines is 3. The van der Waals surface area contributed by atoms with Crippen molar-refractivity contribution in [3.05, 3.63) is 47.7 Å². The number of halogens is 4. The number of aromatic nitrogens is 1. The maximum atomic E-state index is 12.4. The van der Waals surface area contributed by atoms with Gasteiger partial charge in [0.1, 0.15) is 0 Å². The minimum Gasteiger partial charge on any atom is -0.351 e. The lowest BCUT2D eigenvalue weighted by molar-refractivity contribution is -0.0429. The number of benzene rings is 1. The van der Waals surface area contributed by atoms with Crippen LogP contribution in [-0.4, -0.2) is 18.9 Å². The van der Waals surface area contributed by atoms with E-state index < -0.39 is 15.5 Å². The Balaban J connectivity index is 2.34. The first-order valence-corrected chi connectivity index (χ1v) is 7.61. The van der Waals surface area contributed by atoms with Gasteiger partial charge in [0, 0.05) is 6.20 Å². The van der Waals surface area contributed by atoms with Crippen LogP contribution in [0.25, 0.3) is 0 Å². The second-order valence-corrected chi connectivity index (χ2v) is 6.16. The lowest BCUT2D eigenvalue weighted by atomic mass is 10.3. The van der Waals surface area contributed by atoms with Crippen molar-refractivity contribution in [2.75, 3.05) is 10.0 Å². The van der Waals surface area contributed by atoms with E-state index in [1.54, 1.807) is 24.3 Å². The van der Waals surface area contributed by atoms with Crippen molar-refractivity contribution < 1.29 is 21.6 Å². The average Bonchev–Trinajstić information content (AvgIpc) is 2.42. The van der Waals surface area contributed by atoms with Crippen molar-refractivity contribution in [2.45, 2.75) is 5.51 Å². The molecule has 0 atom stereocenters. The molecule has 0 unspecified atom stereocenters. The Morgan fingerprint density at radius 1 is 1.05 bits per heavy atom. The summed E-state index contributed by atoms with van der Waals surface area (Å²) < 4.78 is 61.1. The summed E-state index contributed by atoms with van der Waals surface area (Å²) in [4.78, 5) is 3.74. The number of para-hydroxylation sites is 1. The van der Waals surface area contributed by atoms with Crippen LogP contribution in [0.2, 0.25) is 5.02 Å². The molecule has 0 aliphatic rings. The van der Waals surface area contributed by atoms with E-state index in [1.807, 2.05) is 0 Å². The number of nitrogens with one attached hydrogen (secondary N) is 2. The Bertz CT molecular complexity index is 781. The first kappa shape index (κ1) is 16.4. The Kier molecular flexibility index (Phi) is 4.47. The molecule has 2 aromatic rings. The van der Waals surface area contributed by atoms with E-state index in [0.717, 1.165) is 12.3 Å². The Morgan fingerprint density at radius 3 is 2.36 bits per heavy atom. The average molecular weight is 352 g/mol.